The van der Waals surface area contributed by atoms with Crippen molar-refractivity contribution in [2.45, 2.75) is 39.5 Å². The Balaban J connectivity index is 2.14. The Hall–Kier alpha value is -1.25. The lowest BCUT2D eigenvalue weighted by atomic mass is 9.89. The van der Waals surface area contributed by atoms with Crippen molar-refractivity contribution in [3.63, 3.8) is 0 Å². The van der Waals surface area contributed by atoms with Gasteiger partial charge < -0.3 is 27.1 Å². The Morgan fingerprint density at radius 2 is 1.67 bits per heavy atom. The molecule has 1 aromatic heterocycles. The van der Waals surface area contributed by atoms with Gasteiger partial charge in [-0.2, -0.15) is 0 Å². The van der Waals surface area contributed by atoms with Crippen molar-refractivity contribution in [1.29, 1.82) is 0 Å². The average Bonchev–Trinajstić information content (AvgIpc) is 3.09. The number of hydrogen-bond acceptors (Lipinski definition) is 4. The van der Waals surface area contributed by atoms with Crippen molar-refractivity contribution >= 4 is 73.9 Å². The Morgan fingerprint density at radius 3 is 2.23 bits per heavy atom. The smallest absolute Gasteiger partial charge is 0.469 e. The van der Waals surface area contributed by atoms with Crippen LogP contribution in [0, 0.1) is 10.6 Å². The normalized spacial score (nSPS) is 17.0. The number of carbonyl (C=O) groups excluding carboxylic acids is 2. The summed E-state index contributed by atoms with van der Waals surface area (Å²) in [7, 11) is 2.62. The Labute approximate surface area is 200 Å². The van der Waals surface area contributed by atoms with E-state index in [2.05, 4.69) is 0 Å². The maximum Gasteiger partial charge on any atom is 0.738 e. The number of nitrogens with zero attached hydrogens (tertiary/aromatic N) is 2. The summed E-state index contributed by atoms with van der Waals surface area (Å²) in [5.41, 5.74) is 3.72. The minimum absolute atomic E-state index is 0.115. The molecule has 0 saturated heterocycles. The third-order valence-corrected chi connectivity index (χ3v) is 8.25. The lowest BCUT2D eigenvalue weighted by molar-refractivity contribution is -0.358. The van der Waals surface area contributed by atoms with Crippen molar-refractivity contribution in [2.75, 3.05) is 14.2 Å². The van der Waals surface area contributed by atoms with Crippen LogP contribution in [0.15, 0.2) is 16.8 Å². The minimum atomic E-state index is -4.13. The fourth-order valence-electron chi connectivity index (χ4n) is 3.95. The number of esters is 2. The minimum Gasteiger partial charge on any atom is -0.469 e. The van der Waals surface area contributed by atoms with E-state index in [9.17, 15) is 9.59 Å². The number of aromatic nitrogens is 1. The van der Waals surface area contributed by atoms with E-state index in [4.69, 9.17) is 9.47 Å². The maximum absolute atomic E-state index is 15.8. The molecule has 0 atom stereocenters. The number of ether oxygens (including phenoxy) is 2. The molecule has 6 nitrogen and oxygen atoms in total. The van der Waals surface area contributed by atoms with Gasteiger partial charge in [-0.1, -0.05) is 0 Å². The summed E-state index contributed by atoms with van der Waals surface area (Å²) in [5.74, 6) is -0.769. The first-order valence-corrected chi connectivity index (χ1v) is 11.5. The van der Waals surface area contributed by atoms with Gasteiger partial charge >= 0.3 is 18.9 Å². The molecule has 1 aromatic rings. The van der Waals surface area contributed by atoms with Crippen molar-refractivity contribution in [3.05, 3.63) is 37.4 Å². The van der Waals surface area contributed by atoms with E-state index < -0.39 is 6.97 Å². The number of methoxy groups -OCH3 is 2. The quantitative estimate of drug-likeness (QED) is 0.265. The molecule has 30 heavy (non-hydrogen) atoms. The molecule has 0 unspecified atom stereocenters. The fourth-order valence-corrected chi connectivity index (χ4v) is 5.79. The van der Waals surface area contributed by atoms with Crippen LogP contribution in [-0.4, -0.2) is 45.8 Å². The van der Waals surface area contributed by atoms with Gasteiger partial charge in [-0.25, -0.2) is 0 Å². The molecule has 2 aliphatic rings. The number of carbonyl (C=O) groups is 2. The van der Waals surface area contributed by atoms with Crippen molar-refractivity contribution in [1.82, 2.24) is 4.48 Å². The molecule has 3 rings (SSSR count). The van der Waals surface area contributed by atoms with Crippen LogP contribution in [0.25, 0.3) is 6.08 Å². The number of rotatable bonds is 6. The van der Waals surface area contributed by atoms with Gasteiger partial charge in [0, 0.05) is 58.3 Å². The van der Waals surface area contributed by atoms with Gasteiger partial charge in [0.25, 0.3) is 0 Å². The van der Waals surface area contributed by atoms with Crippen LogP contribution < -0.4 is 0 Å². The zero-order valence-electron chi connectivity index (χ0n) is 17.0. The highest BCUT2D eigenvalue weighted by Gasteiger charge is 2.55. The van der Waals surface area contributed by atoms with Crippen LogP contribution in [0.2, 0.25) is 0 Å². The zero-order chi connectivity index (χ0) is 22.4. The number of fused-ring (bicyclic) bond motifs is 2. The molecule has 162 valence electrons. The lowest BCUT2D eigenvalue weighted by Crippen LogP contribution is -2.50. The Bertz CT molecular complexity index is 1040. The molecular weight excluding hydrogens is 623 g/mol. The van der Waals surface area contributed by atoms with Crippen LogP contribution in [0.3, 0.4) is 0 Å². The SMILES string of the molecule is COC(=O)CCC1=C(C)C(I)=[N+]2C1=Cc1c(CCC(=O)OC)c(C)c(I)n1[B-]2(F)F. The largest absolute Gasteiger partial charge is 0.738 e. The molecule has 0 aliphatic carbocycles. The van der Waals surface area contributed by atoms with Gasteiger partial charge in [-0.05, 0) is 60.4 Å². The first kappa shape index (κ1) is 23.4. The molecule has 0 fully saturated rings. The highest BCUT2D eigenvalue weighted by Crippen LogP contribution is 2.43. The standard InChI is InChI=1S/C19H21BF2I2N2O4/c1-10-12(5-7-16(27)29-3)14-9-15-13(6-8-17(28)30-4)11(2)19(24)26(15)20(21,22)25(14)18(10)23/h9H,5-8H2,1-4H3. The molecule has 3 heterocycles. The van der Waals surface area contributed by atoms with E-state index in [0.717, 1.165) is 20.1 Å². The number of allylic oxidation sites excluding steroid dienone is 2. The second kappa shape index (κ2) is 8.71. The zero-order valence-corrected chi connectivity index (χ0v) is 21.3. The molecule has 0 spiro atoms. The lowest BCUT2D eigenvalue weighted by Gasteiger charge is -2.30. The second-order valence-electron chi connectivity index (χ2n) is 7.18. The van der Waals surface area contributed by atoms with Crippen LogP contribution in [0.4, 0.5) is 8.63 Å². The van der Waals surface area contributed by atoms with Crippen molar-refractivity contribution in [2.24, 2.45) is 0 Å². The third kappa shape index (κ3) is 3.75. The van der Waals surface area contributed by atoms with Gasteiger partial charge in [0.05, 0.1) is 17.9 Å². The summed E-state index contributed by atoms with van der Waals surface area (Å²) in [6, 6.07) is 0. The van der Waals surface area contributed by atoms with Crippen molar-refractivity contribution < 1.29 is 32.2 Å². The van der Waals surface area contributed by atoms with Crippen LogP contribution in [0.1, 0.15) is 43.0 Å². The Morgan fingerprint density at radius 1 is 1.10 bits per heavy atom. The Kier molecular flexibility index (Phi) is 6.80. The van der Waals surface area contributed by atoms with Crippen molar-refractivity contribution in [3.8, 4) is 0 Å². The summed E-state index contributed by atoms with van der Waals surface area (Å²) in [6.07, 6.45) is 2.61. The summed E-state index contributed by atoms with van der Waals surface area (Å²) >= 11 is 3.88. The average molecular weight is 644 g/mol. The topological polar surface area (TPSA) is 60.5 Å². The summed E-state index contributed by atoms with van der Waals surface area (Å²) in [4.78, 5) is 23.3. The molecule has 0 amide bonds. The van der Waals surface area contributed by atoms with E-state index in [1.165, 1.54) is 14.2 Å². The monoisotopic (exact) mass is 644 g/mol. The first-order chi connectivity index (χ1) is 14.1. The van der Waals surface area contributed by atoms with Gasteiger partial charge in [0.1, 0.15) is 0 Å². The van der Waals surface area contributed by atoms with E-state index in [1.807, 2.05) is 45.2 Å². The van der Waals surface area contributed by atoms with E-state index in [0.29, 0.717) is 42.8 Å². The van der Waals surface area contributed by atoms with Gasteiger partial charge in [0.2, 0.25) is 0 Å². The van der Waals surface area contributed by atoms with Crippen LogP contribution in [-0.2, 0) is 25.5 Å². The second-order valence-corrected chi connectivity index (χ2v) is 9.23. The molecular formula is C19H21BF2I2N2O4. The highest BCUT2D eigenvalue weighted by atomic mass is 127. The van der Waals surface area contributed by atoms with Gasteiger partial charge in [-0.3, -0.25) is 9.59 Å². The molecule has 0 aromatic carbocycles. The predicted octanol–water partition coefficient (Wildman–Crippen LogP) is 4.21. The molecule has 11 heteroatoms. The molecule has 0 saturated carbocycles. The fraction of sp³-hybridized carbons (Fsp3) is 0.421. The van der Waals surface area contributed by atoms with E-state index >= 15 is 8.63 Å². The molecule has 0 bridgehead atoms. The first-order valence-electron chi connectivity index (χ1n) is 9.35. The van der Waals surface area contributed by atoms with Gasteiger partial charge in [0.15, 0.2) is 9.42 Å². The molecule has 0 radical (unpaired) electrons. The number of hydrogen-bond donors (Lipinski definition) is 0. The van der Waals surface area contributed by atoms with E-state index in [-0.39, 0.29) is 24.8 Å². The maximum atomic E-state index is 15.8. The van der Waals surface area contributed by atoms with E-state index in [1.54, 1.807) is 19.9 Å². The summed E-state index contributed by atoms with van der Waals surface area (Å²) < 4.78 is 44.1. The number of halogens is 4. The molecule has 2 aliphatic heterocycles. The highest BCUT2D eigenvalue weighted by molar-refractivity contribution is 14.1. The van der Waals surface area contributed by atoms with Crippen LogP contribution >= 0.6 is 45.2 Å². The molecule has 0 N–H and O–H groups in total. The van der Waals surface area contributed by atoms with Gasteiger partial charge in [-0.15, -0.1) is 0 Å². The van der Waals surface area contributed by atoms with Crippen LogP contribution in [0.5, 0.6) is 0 Å². The summed E-state index contributed by atoms with van der Waals surface area (Å²) in [5, 5.41) is 0. The predicted molar refractivity (Wildman–Crippen MR) is 127 cm³/mol. The third-order valence-electron chi connectivity index (χ3n) is 5.59. The summed E-state index contributed by atoms with van der Waals surface area (Å²) in [6.45, 7) is -0.541.